The van der Waals surface area contributed by atoms with E-state index in [4.69, 9.17) is 4.74 Å². The second kappa shape index (κ2) is 9.37. The lowest BCUT2D eigenvalue weighted by atomic mass is 9.93. The Labute approximate surface area is 237 Å². The van der Waals surface area contributed by atoms with E-state index in [1.807, 2.05) is 11.3 Å². The van der Waals surface area contributed by atoms with Crippen LogP contribution in [0.3, 0.4) is 0 Å². The van der Waals surface area contributed by atoms with Gasteiger partial charge in [-0.1, -0.05) is 109 Å². The lowest BCUT2D eigenvalue weighted by molar-refractivity contribution is 0.487. The van der Waals surface area contributed by atoms with Crippen molar-refractivity contribution in [2.45, 2.75) is 0 Å². The van der Waals surface area contributed by atoms with Crippen LogP contribution in [0.25, 0.3) is 65.0 Å². The Morgan fingerprint density at radius 2 is 1.02 bits per heavy atom. The second-order valence-electron chi connectivity index (χ2n) is 10.1. The average molecular weight is 529 g/mol. The summed E-state index contributed by atoms with van der Waals surface area (Å²) in [7, 11) is 0. The van der Waals surface area contributed by atoms with E-state index in [9.17, 15) is 0 Å². The Hall–Kier alpha value is -4.92. The van der Waals surface area contributed by atoms with E-state index >= 15 is 0 Å². The van der Waals surface area contributed by atoms with E-state index in [1.165, 1.54) is 59.5 Å². The van der Waals surface area contributed by atoms with Crippen LogP contribution < -0.4 is 4.74 Å². The zero-order valence-electron chi connectivity index (χ0n) is 21.7. The topological polar surface area (TPSA) is 9.23 Å². The number of rotatable bonds is 4. The van der Waals surface area contributed by atoms with Crippen molar-refractivity contribution in [3.63, 3.8) is 0 Å². The van der Waals surface area contributed by atoms with Crippen molar-refractivity contribution in [3.05, 3.63) is 146 Å². The van der Waals surface area contributed by atoms with Crippen LogP contribution in [0.15, 0.2) is 146 Å². The fourth-order valence-corrected chi connectivity index (χ4v) is 6.82. The SMILES string of the molecule is c1ccc(-c2ccc(-c3ccccc3-c3ccc(-c4ccc5c(c4)-c4cccc6cccc(c46)O5)s3)cc2)cc1. The first-order chi connectivity index (χ1) is 19.8. The maximum absolute atomic E-state index is 6.32. The molecular formula is C38H24OS. The first kappa shape index (κ1) is 23.0. The van der Waals surface area contributed by atoms with Crippen molar-refractivity contribution in [1.29, 1.82) is 0 Å². The van der Waals surface area contributed by atoms with Crippen molar-refractivity contribution in [2.75, 3.05) is 0 Å². The van der Waals surface area contributed by atoms with Crippen LogP contribution in [0.1, 0.15) is 0 Å². The Morgan fingerprint density at radius 1 is 0.375 bits per heavy atom. The Balaban J connectivity index is 1.16. The molecule has 0 unspecified atom stereocenters. The third kappa shape index (κ3) is 3.85. The molecule has 1 aliphatic heterocycles. The fourth-order valence-electron chi connectivity index (χ4n) is 5.78. The third-order valence-corrected chi connectivity index (χ3v) is 8.91. The summed E-state index contributed by atoms with van der Waals surface area (Å²) >= 11 is 1.84. The molecule has 0 N–H and O–H groups in total. The van der Waals surface area contributed by atoms with Gasteiger partial charge < -0.3 is 4.74 Å². The van der Waals surface area contributed by atoms with Crippen molar-refractivity contribution in [3.8, 4) is 65.8 Å². The van der Waals surface area contributed by atoms with E-state index in [-0.39, 0.29) is 0 Å². The van der Waals surface area contributed by atoms with E-state index in [1.54, 1.807) is 0 Å². The molecule has 0 radical (unpaired) electrons. The van der Waals surface area contributed by atoms with Gasteiger partial charge in [-0.15, -0.1) is 11.3 Å². The van der Waals surface area contributed by atoms with Gasteiger partial charge in [0.2, 0.25) is 0 Å². The van der Waals surface area contributed by atoms with Crippen LogP contribution >= 0.6 is 11.3 Å². The molecule has 1 nitrogen and oxygen atoms in total. The molecule has 0 aliphatic carbocycles. The first-order valence-electron chi connectivity index (χ1n) is 13.5. The van der Waals surface area contributed by atoms with Crippen LogP contribution in [0, 0.1) is 0 Å². The van der Waals surface area contributed by atoms with E-state index in [0.717, 1.165) is 17.1 Å². The van der Waals surface area contributed by atoms with Gasteiger partial charge in [0.15, 0.2) is 0 Å². The van der Waals surface area contributed by atoms with E-state index < -0.39 is 0 Å². The normalized spacial score (nSPS) is 11.7. The van der Waals surface area contributed by atoms with Gasteiger partial charge in [-0.25, -0.2) is 0 Å². The zero-order chi connectivity index (χ0) is 26.5. The van der Waals surface area contributed by atoms with E-state index in [0.29, 0.717) is 0 Å². The average Bonchev–Trinajstić information content (AvgIpc) is 3.52. The number of hydrogen-bond donors (Lipinski definition) is 0. The molecule has 0 bridgehead atoms. The molecule has 0 amide bonds. The van der Waals surface area contributed by atoms with Gasteiger partial charge in [0, 0.05) is 20.7 Å². The summed E-state index contributed by atoms with van der Waals surface area (Å²) in [5.74, 6) is 1.84. The smallest absolute Gasteiger partial charge is 0.135 e. The van der Waals surface area contributed by atoms with Crippen LogP contribution in [0.5, 0.6) is 11.5 Å². The quantitative estimate of drug-likeness (QED) is 0.221. The zero-order valence-corrected chi connectivity index (χ0v) is 22.5. The number of ether oxygens (including phenoxy) is 1. The van der Waals surface area contributed by atoms with Gasteiger partial charge in [0.25, 0.3) is 0 Å². The molecule has 1 aromatic heterocycles. The second-order valence-corrected chi connectivity index (χ2v) is 11.2. The molecule has 0 fully saturated rings. The predicted octanol–water partition coefficient (Wildman–Crippen LogP) is 11.3. The van der Waals surface area contributed by atoms with Crippen molar-refractivity contribution < 1.29 is 4.74 Å². The molecule has 0 atom stereocenters. The molecular weight excluding hydrogens is 504 g/mol. The maximum Gasteiger partial charge on any atom is 0.135 e. The Kier molecular flexibility index (Phi) is 5.39. The number of benzene rings is 6. The monoisotopic (exact) mass is 528 g/mol. The summed E-state index contributed by atoms with van der Waals surface area (Å²) in [6, 6.07) is 52.0. The summed E-state index contributed by atoms with van der Waals surface area (Å²) in [6.07, 6.45) is 0. The van der Waals surface area contributed by atoms with E-state index in [2.05, 4.69) is 146 Å². The molecule has 0 saturated heterocycles. The van der Waals surface area contributed by atoms with Gasteiger partial charge in [-0.2, -0.15) is 0 Å². The fraction of sp³-hybridized carbons (Fsp3) is 0. The van der Waals surface area contributed by atoms with Crippen molar-refractivity contribution in [1.82, 2.24) is 0 Å². The van der Waals surface area contributed by atoms with Crippen LogP contribution in [-0.4, -0.2) is 0 Å². The van der Waals surface area contributed by atoms with Crippen LogP contribution in [-0.2, 0) is 0 Å². The van der Waals surface area contributed by atoms with Crippen molar-refractivity contribution in [2.24, 2.45) is 0 Å². The minimum atomic E-state index is 0.913. The molecule has 40 heavy (non-hydrogen) atoms. The molecule has 1 aliphatic rings. The summed E-state index contributed by atoms with van der Waals surface area (Å²) in [6.45, 7) is 0. The van der Waals surface area contributed by atoms with Crippen LogP contribution in [0.2, 0.25) is 0 Å². The molecule has 188 valence electrons. The minimum absolute atomic E-state index is 0.913. The first-order valence-corrected chi connectivity index (χ1v) is 14.3. The van der Waals surface area contributed by atoms with Gasteiger partial charge in [-0.05, 0) is 80.7 Å². The van der Waals surface area contributed by atoms with Gasteiger partial charge in [0.1, 0.15) is 11.5 Å². The molecule has 6 aromatic carbocycles. The highest BCUT2D eigenvalue weighted by Crippen LogP contribution is 2.48. The summed E-state index contributed by atoms with van der Waals surface area (Å²) in [5.41, 5.74) is 9.79. The highest BCUT2D eigenvalue weighted by Gasteiger charge is 2.20. The van der Waals surface area contributed by atoms with Crippen LogP contribution in [0.4, 0.5) is 0 Å². The lowest BCUT2D eigenvalue weighted by Crippen LogP contribution is -1.97. The minimum Gasteiger partial charge on any atom is -0.456 e. The van der Waals surface area contributed by atoms with Crippen molar-refractivity contribution >= 4 is 22.1 Å². The number of hydrogen-bond acceptors (Lipinski definition) is 2. The van der Waals surface area contributed by atoms with Gasteiger partial charge >= 0.3 is 0 Å². The predicted molar refractivity (Wildman–Crippen MR) is 169 cm³/mol. The number of thiophene rings is 1. The number of fused-ring (bicyclic) bond motifs is 2. The molecule has 2 heteroatoms. The molecule has 0 spiro atoms. The highest BCUT2D eigenvalue weighted by molar-refractivity contribution is 7.18. The highest BCUT2D eigenvalue weighted by atomic mass is 32.1. The molecule has 2 heterocycles. The summed E-state index contributed by atoms with van der Waals surface area (Å²) in [5, 5.41) is 2.39. The Bertz CT molecular complexity index is 2010. The van der Waals surface area contributed by atoms with Gasteiger partial charge in [0.05, 0.1) is 0 Å². The third-order valence-electron chi connectivity index (χ3n) is 7.74. The summed E-state index contributed by atoms with van der Waals surface area (Å²) < 4.78 is 6.32. The maximum atomic E-state index is 6.32. The largest absolute Gasteiger partial charge is 0.456 e. The standard InChI is InChI=1S/C38H24OS/c1-2-8-25(9-3-1)26-16-18-27(19-17-26)30-12-4-5-13-31(30)37-23-22-36(40-37)29-20-21-34-33(24-29)32-14-6-10-28-11-7-15-35(39-34)38(28)32/h1-24H. The molecule has 0 saturated carbocycles. The Morgan fingerprint density at radius 3 is 1.88 bits per heavy atom. The molecule has 8 rings (SSSR count). The lowest BCUT2D eigenvalue weighted by Gasteiger charge is -2.21. The molecule has 7 aromatic rings. The van der Waals surface area contributed by atoms with Gasteiger partial charge in [-0.3, -0.25) is 0 Å². The summed E-state index contributed by atoms with van der Waals surface area (Å²) in [4.78, 5) is 2.51.